The van der Waals surface area contributed by atoms with Crippen LogP contribution in [0.2, 0.25) is 10.0 Å². The number of carbonyl (C=O) groups is 1. The number of carbonyl (C=O) groups excluding carboxylic acids is 1. The first-order valence-electron chi connectivity index (χ1n) is 7.33. The SMILES string of the molecule is CSc1ncc2cc(-c3c(Cl)cccc3Cl)c(=NC(C)=O)n(C)c2n1. The Bertz CT molecular complexity index is 1040. The van der Waals surface area contributed by atoms with Gasteiger partial charge in [0.15, 0.2) is 5.16 Å². The summed E-state index contributed by atoms with van der Waals surface area (Å²) in [6, 6.07) is 7.12. The molecule has 0 bridgehead atoms. The molecule has 0 aliphatic heterocycles. The predicted octanol–water partition coefficient (Wildman–Crippen LogP) is 4.11. The molecule has 0 N–H and O–H groups in total. The Labute approximate surface area is 158 Å². The minimum absolute atomic E-state index is 0.321. The first-order valence-corrected chi connectivity index (χ1v) is 9.31. The van der Waals surface area contributed by atoms with Crippen LogP contribution in [0.1, 0.15) is 6.92 Å². The number of benzene rings is 1. The van der Waals surface area contributed by atoms with Gasteiger partial charge in [-0.3, -0.25) is 4.79 Å². The van der Waals surface area contributed by atoms with Gasteiger partial charge in [0, 0.05) is 36.7 Å². The van der Waals surface area contributed by atoms with Crippen molar-refractivity contribution in [3.05, 3.63) is 46.0 Å². The number of fused-ring (bicyclic) bond motifs is 1. The Morgan fingerprint density at radius 3 is 2.56 bits per heavy atom. The van der Waals surface area contributed by atoms with Gasteiger partial charge in [0.05, 0.1) is 10.0 Å². The minimum atomic E-state index is -0.321. The van der Waals surface area contributed by atoms with Gasteiger partial charge in [-0.05, 0) is 24.5 Å². The van der Waals surface area contributed by atoms with Crippen molar-refractivity contribution in [2.24, 2.45) is 12.0 Å². The summed E-state index contributed by atoms with van der Waals surface area (Å²) in [5, 5.41) is 2.40. The molecule has 0 aliphatic carbocycles. The van der Waals surface area contributed by atoms with E-state index in [1.807, 2.05) is 12.3 Å². The van der Waals surface area contributed by atoms with Crippen molar-refractivity contribution < 1.29 is 4.79 Å². The second kappa shape index (κ2) is 7.15. The highest BCUT2D eigenvalue weighted by molar-refractivity contribution is 7.98. The number of rotatable bonds is 2. The summed E-state index contributed by atoms with van der Waals surface area (Å²) in [5.74, 6) is -0.321. The van der Waals surface area contributed by atoms with Crippen LogP contribution in [0.15, 0.2) is 40.6 Å². The normalized spacial score (nSPS) is 12.0. The van der Waals surface area contributed by atoms with Crippen molar-refractivity contribution >= 4 is 51.9 Å². The Morgan fingerprint density at radius 2 is 1.96 bits per heavy atom. The van der Waals surface area contributed by atoms with Crippen LogP contribution in [0.25, 0.3) is 22.2 Å². The molecule has 3 rings (SSSR count). The van der Waals surface area contributed by atoms with E-state index in [2.05, 4.69) is 15.0 Å². The Morgan fingerprint density at radius 1 is 1.28 bits per heavy atom. The summed E-state index contributed by atoms with van der Waals surface area (Å²) in [6.07, 6.45) is 3.64. The van der Waals surface area contributed by atoms with Crippen molar-refractivity contribution in [1.29, 1.82) is 0 Å². The molecule has 0 saturated carbocycles. The molecule has 0 unspecified atom stereocenters. The number of aryl methyl sites for hydroxylation is 1. The number of aromatic nitrogens is 3. The lowest BCUT2D eigenvalue weighted by molar-refractivity contribution is -0.116. The average Bonchev–Trinajstić information content (AvgIpc) is 2.57. The molecule has 8 heteroatoms. The van der Waals surface area contributed by atoms with Crippen molar-refractivity contribution in [3.63, 3.8) is 0 Å². The number of amides is 1. The van der Waals surface area contributed by atoms with Gasteiger partial charge in [-0.15, -0.1) is 0 Å². The van der Waals surface area contributed by atoms with E-state index in [0.29, 0.717) is 37.5 Å². The molecule has 25 heavy (non-hydrogen) atoms. The van der Waals surface area contributed by atoms with E-state index in [-0.39, 0.29) is 5.91 Å². The number of nitrogens with zero attached hydrogens (tertiary/aromatic N) is 4. The highest BCUT2D eigenvalue weighted by Gasteiger charge is 2.15. The summed E-state index contributed by atoms with van der Waals surface area (Å²) >= 11 is 14.2. The van der Waals surface area contributed by atoms with Crippen LogP contribution in [0.3, 0.4) is 0 Å². The van der Waals surface area contributed by atoms with Crippen molar-refractivity contribution in [1.82, 2.24) is 14.5 Å². The average molecular weight is 393 g/mol. The molecule has 5 nitrogen and oxygen atoms in total. The third-order valence-electron chi connectivity index (χ3n) is 3.63. The molecule has 2 heterocycles. The molecule has 0 spiro atoms. The Kier molecular flexibility index (Phi) is 5.13. The molecule has 3 aromatic rings. The fourth-order valence-corrected chi connectivity index (χ4v) is 3.50. The lowest BCUT2D eigenvalue weighted by Crippen LogP contribution is -2.23. The van der Waals surface area contributed by atoms with Gasteiger partial charge in [0.2, 0.25) is 5.91 Å². The number of halogens is 2. The van der Waals surface area contributed by atoms with Crippen LogP contribution in [0.5, 0.6) is 0 Å². The van der Waals surface area contributed by atoms with E-state index in [1.54, 1.807) is 36.0 Å². The third kappa shape index (κ3) is 3.42. The van der Waals surface area contributed by atoms with Crippen molar-refractivity contribution in [3.8, 4) is 11.1 Å². The zero-order valence-corrected chi connectivity index (χ0v) is 16.1. The van der Waals surface area contributed by atoms with Gasteiger partial charge < -0.3 is 4.57 Å². The van der Waals surface area contributed by atoms with E-state index in [1.165, 1.54) is 18.7 Å². The molecular formula is C17H14Cl2N4OS. The molecule has 2 aromatic heterocycles. The van der Waals surface area contributed by atoms with E-state index in [9.17, 15) is 4.79 Å². The highest BCUT2D eigenvalue weighted by atomic mass is 35.5. The van der Waals surface area contributed by atoms with Crippen molar-refractivity contribution in [2.75, 3.05) is 6.26 Å². The Hall–Kier alpha value is -1.89. The second-order valence-electron chi connectivity index (χ2n) is 5.30. The van der Waals surface area contributed by atoms with Gasteiger partial charge in [-0.2, -0.15) is 4.99 Å². The molecule has 128 valence electrons. The summed E-state index contributed by atoms with van der Waals surface area (Å²) in [5.41, 5.74) is 2.39. The summed E-state index contributed by atoms with van der Waals surface area (Å²) < 4.78 is 1.76. The predicted molar refractivity (Wildman–Crippen MR) is 102 cm³/mol. The maximum absolute atomic E-state index is 11.7. The molecule has 1 amide bonds. The quantitative estimate of drug-likeness (QED) is 0.486. The maximum atomic E-state index is 11.7. The van der Waals surface area contributed by atoms with Gasteiger partial charge in [0.25, 0.3) is 0 Å². The molecule has 1 aromatic carbocycles. The number of hydrogen-bond donors (Lipinski definition) is 0. The van der Waals surface area contributed by atoms with Crippen LogP contribution in [0, 0.1) is 0 Å². The highest BCUT2D eigenvalue weighted by Crippen LogP contribution is 2.33. The fraction of sp³-hybridized carbons (Fsp3) is 0.176. The van der Waals surface area contributed by atoms with Gasteiger partial charge in [-0.25, -0.2) is 9.97 Å². The third-order valence-corrected chi connectivity index (χ3v) is 4.82. The molecule has 0 saturated heterocycles. The van der Waals surface area contributed by atoms with Crippen LogP contribution >= 0.6 is 35.0 Å². The molecule has 0 atom stereocenters. The largest absolute Gasteiger partial charge is 0.313 e. The molecule has 0 fully saturated rings. The van der Waals surface area contributed by atoms with Crippen LogP contribution in [-0.2, 0) is 11.8 Å². The van der Waals surface area contributed by atoms with Gasteiger partial charge in [-0.1, -0.05) is 41.0 Å². The molecule has 0 radical (unpaired) electrons. The summed E-state index contributed by atoms with van der Waals surface area (Å²) in [7, 11) is 1.80. The van der Waals surface area contributed by atoms with Crippen LogP contribution in [0.4, 0.5) is 0 Å². The van der Waals surface area contributed by atoms with E-state index in [4.69, 9.17) is 23.2 Å². The van der Waals surface area contributed by atoms with Gasteiger partial charge in [0.1, 0.15) is 11.1 Å². The number of pyridine rings is 1. The van der Waals surface area contributed by atoms with E-state index in [0.717, 1.165) is 5.39 Å². The number of thioether (sulfide) groups is 1. The van der Waals surface area contributed by atoms with Crippen LogP contribution < -0.4 is 5.49 Å². The lowest BCUT2D eigenvalue weighted by Gasteiger charge is -2.13. The van der Waals surface area contributed by atoms with Crippen LogP contribution in [-0.4, -0.2) is 26.7 Å². The number of hydrogen-bond acceptors (Lipinski definition) is 4. The van der Waals surface area contributed by atoms with E-state index >= 15 is 0 Å². The zero-order chi connectivity index (χ0) is 18.1. The molecule has 0 aliphatic rings. The summed E-state index contributed by atoms with van der Waals surface area (Å²) in [4.78, 5) is 24.7. The second-order valence-corrected chi connectivity index (χ2v) is 6.89. The summed E-state index contributed by atoms with van der Waals surface area (Å²) in [6.45, 7) is 1.40. The van der Waals surface area contributed by atoms with E-state index < -0.39 is 0 Å². The monoisotopic (exact) mass is 392 g/mol. The first kappa shape index (κ1) is 17.9. The lowest BCUT2D eigenvalue weighted by atomic mass is 10.1. The van der Waals surface area contributed by atoms with Gasteiger partial charge >= 0.3 is 0 Å². The first-order chi connectivity index (χ1) is 11.9. The van der Waals surface area contributed by atoms with Crippen molar-refractivity contribution in [2.45, 2.75) is 12.1 Å². The smallest absolute Gasteiger partial charge is 0.244 e. The zero-order valence-electron chi connectivity index (χ0n) is 13.7. The maximum Gasteiger partial charge on any atom is 0.244 e. The standard InChI is InChI=1S/C17H14Cl2N4OS/c1-9(24)21-16-11(14-12(18)5-4-6-13(14)19)7-10-8-20-17(25-3)22-15(10)23(16)2/h4-8H,1-3H3. The Balaban J connectivity index is 2.49. The fourth-order valence-electron chi connectivity index (χ4n) is 2.56. The minimum Gasteiger partial charge on any atom is -0.313 e. The topological polar surface area (TPSA) is 60.1 Å². The molecular weight excluding hydrogens is 379 g/mol.